The van der Waals surface area contributed by atoms with E-state index in [2.05, 4.69) is 10.6 Å². The molecule has 3 amide bonds. The summed E-state index contributed by atoms with van der Waals surface area (Å²) in [5.41, 5.74) is 7.47. The number of hydrogen-bond donors (Lipinski definition) is 3. The Labute approximate surface area is 174 Å². The summed E-state index contributed by atoms with van der Waals surface area (Å²) in [6.45, 7) is 0. The first kappa shape index (κ1) is 20.5. The van der Waals surface area contributed by atoms with Crippen LogP contribution >= 0.6 is 0 Å². The van der Waals surface area contributed by atoms with Gasteiger partial charge in [-0.2, -0.15) is 0 Å². The molecule has 4 N–H and O–H groups in total. The van der Waals surface area contributed by atoms with Gasteiger partial charge in [-0.1, -0.05) is 60.7 Å². The van der Waals surface area contributed by atoms with Crippen LogP contribution in [0, 0.1) is 0 Å². The van der Waals surface area contributed by atoms with Gasteiger partial charge >= 0.3 is 0 Å². The van der Waals surface area contributed by atoms with E-state index in [0.717, 1.165) is 0 Å². The highest BCUT2D eigenvalue weighted by Gasteiger charge is 2.29. The fraction of sp³-hybridized carbons (Fsp3) is 0.0417. The molecule has 0 bridgehead atoms. The second kappa shape index (κ2) is 9.84. The van der Waals surface area contributed by atoms with Crippen LogP contribution in [-0.4, -0.2) is 17.7 Å². The molecule has 0 unspecified atom stereocenters. The lowest BCUT2D eigenvalue weighted by Crippen LogP contribution is -2.32. The number of para-hydroxylation sites is 2. The zero-order valence-corrected chi connectivity index (χ0v) is 16.1. The average Bonchev–Trinajstić information content (AvgIpc) is 2.74. The van der Waals surface area contributed by atoms with Crippen molar-refractivity contribution in [3.05, 3.63) is 102 Å². The van der Waals surface area contributed by atoms with Crippen molar-refractivity contribution in [2.24, 2.45) is 5.73 Å². The first-order valence-corrected chi connectivity index (χ1v) is 9.32. The van der Waals surface area contributed by atoms with Gasteiger partial charge in [-0.05, 0) is 41.5 Å². The molecular formula is C24H21N3O3. The Hall–Kier alpha value is -4.19. The van der Waals surface area contributed by atoms with E-state index < -0.39 is 23.6 Å². The monoisotopic (exact) mass is 399 g/mol. The number of anilines is 2. The van der Waals surface area contributed by atoms with Gasteiger partial charge < -0.3 is 16.4 Å². The normalized spacial score (nSPS) is 10.7. The SMILES string of the molecule is NC(=O)/C=C/c1cccc(C(C(=O)Nc2ccccc2)C(=O)Nc2ccccc2)c1. The maximum absolute atomic E-state index is 13.1. The predicted octanol–water partition coefficient (Wildman–Crippen LogP) is 3.55. The van der Waals surface area contributed by atoms with E-state index in [1.807, 2.05) is 12.1 Å². The summed E-state index contributed by atoms with van der Waals surface area (Å²) in [6, 6.07) is 24.7. The van der Waals surface area contributed by atoms with E-state index in [1.54, 1.807) is 72.8 Å². The summed E-state index contributed by atoms with van der Waals surface area (Å²) in [7, 11) is 0. The molecule has 6 heteroatoms. The van der Waals surface area contributed by atoms with Crippen molar-refractivity contribution in [2.75, 3.05) is 10.6 Å². The minimum absolute atomic E-state index is 0.467. The number of nitrogens with two attached hydrogens (primary N) is 1. The molecule has 0 aliphatic carbocycles. The van der Waals surface area contributed by atoms with Crippen LogP contribution in [0.5, 0.6) is 0 Å². The number of nitrogens with one attached hydrogen (secondary N) is 2. The third-order valence-electron chi connectivity index (χ3n) is 4.29. The Morgan fingerprint density at radius 3 is 1.77 bits per heavy atom. The molecule has 3 aromatic rings. The third-order valence-corrected chi connectivity index (χ3v) is 4.29. The zero-order chi connectivity index (χ0) is 21.3. The maximum Gasteiger partial charge on any atom is 0.241 e. The molecule has 0 aromatic heterocycles. The minimum atomic E-state index is -1.10. The van der Waals surface area contributed by atoms with Gasteiger partial charge in [0.25, 0.3) is 0 Å². The number of rotatable bonds is 7. The molecule has 0 saturated heterocycles. The topological polar surface area (TPSA) is 101 Å². The van der Waals surface area contributed by atoms with E-state index in [-0.39, 0.29) is 0 Å². The molecule has 0 spiro atoms. The number of amides is 3. The molecule has 30 heavy (non-hydrogen) atoms. The van der Waals surface area contributed by atoms with Crippen molar-refractivity contribution < 1.29 is 14.4 Å². The molecule has 0 aliphatic heterocycles. The van der Waals surface area contributed by atoms with Gasteiger partial charge in [0.05, 0.1) is 0 Å². The van der Waals surface area contributed by atoms with Crippen molar-refractivity contribution in [1.29, 1.82) is 0 Å². The molecule has 150 valence electrons. The molecule has 0 saturated carbocycles. The maximum atomic E-state index is 13.1. The van der Waals surface area contributed by atoms with Crippen LogP contribution in [0.1, 0.15) is 17.0 Å². The first-order valence-electron chi connectivity index (χ1n) is 9.32. The van der Waals surface area contributed by atoms with Crippen molar-refractivity contribution in [1.82, 2.24) is 0 Å². The van der Waals surface area contributed by atoms with Crippen molar-refractivity contribution >= 4 is 35.2 Å². The van der Waals surface area contributed by atoms with Crippen LogP contribution in [0.3, 0.4) is 0 Å². The zero-order valence-electron chi connectivity index (χ0n) is 16.1. The van der Waals surface area contributed by atoms with Gasteiger partial charge in [-0.25, -0.2) is 0 Å². The highest BCUT2D eigenvalue weighted by Crippen LogP contribution is 2.23. The largest absolute Gasteiger partial charge is 0.366 e. The summed E-state index contributed by atoms with van der Waals surface area (Å²) in [6.07, 6.45) is 2.76. The summed E-state index contributed by atoms with van der Waals surface area (Å²) in [4.78, 5) is 37.1. The Bertz CT molecular complexity index is 1010. The smallest absolute Gasteiger partial charge is 0.241 e. The summed E-state index contributed by atoms with van der Waals surface area (Å²) in [5.74, 6) is -2.62. The van der Waals surface area contributed by atoms with Crippen LogP contribution in [0.25, 0.3) is 6.08 Å². The summed E-state index contributed by atoms with van der Waals surface area (Å²) >= 11 is 0. The fourth-order valence-electron chi connectivity index (χ4n) is 2.91. The molecule has 0 fully saturated rings. The number of primary amides is 1. The average molecular weight is 399 g/mol. The van der Waals surface area contributed by atoms with Crippen LogP contribution in [0.15, 0.2) is 91.0 Å². The van der Waals surface area contributed by atoms with E-state index >= 15 is 0 Å². The highest BCUT2D eigenvalue weighted by molar-refractivity contribution is 6.15. The molecule has 3 aromatic carbocycles. The Balaban J connectivity index is 1.92. The van der Waals surface area contributed by atoms with Crippen LogP contribution < -0.4 is 16.4 Å². The molecule has 6 nitrogen and oxygen atoms in total. The van der Waals surface area contributed by atoms with Crippen LogP contribution in [0.2, 0.25) is 0 Å². The Kier molecular flexibility index (Phi) is 6.74. The van der Waals surface area contributed by atoms with Gasteiger partial charge in [-0.15, -0.1) is 0 Å². The molecule has 0 heterocycles. The van der Waals surface area contributed by atoms with E-state index in [4.69, 9.17) is 5.73 Å². The van der Waals surface area contributed by atoms with E-state index in [9.17, 15) is 14.4 Å². The van der Waals surface area contributed by atoms with E-state index in [0.29, 0.717) is 22.5 Å². The predicted molar refractivity (Wildman–Crippen MR) is 118 cm³/mol. The second-order valence-corrected chi connectivity index (χ2v) is 6.55. The number of benzene rings is 3. The molecule has 0 aliphatic rings. The number of hydrogen-bond acceptors (Lipinski definition) is 3. The highest BCUT2D eigenvalue weighted by atomic mass is 16.2. The lowest BCUT2D eigenvalue weighted by Gasteiger charge is -2.18. The first-order chi connectivity index (χ1) is 14.5. The lowest BCUT2D eigenvalue weighted by atomic mass is 9.95. The van der Waals surface area contributed by atoms with Crippen LogP contribution in [0.4, 0.5) is 11.4 Å². The fourth-order valence-corrected chi connectivity index (χ4v) is 2.91. The second-order valence-electron chi connectivity index (χ2n) is 6.55. The van der Waals surface area contributed by atoms with Gasteiger partial charge in [0, 0.05) is 17.5 Å². The Morgan fingerprint density at radius 2 is 1.27 bits per heavy atom. The molecule has 0 radical (unpaired) electrons. The van der Waals surface area contributed by atoms with Crippen molar-refractivity contribution in [3.8, 4) is 0 Å². The summed E-state index contributed by atoms with van der Waals surface area (Å²) < 4.78 is 0. The van der Waals surface area contributed by atoms with Crippen molar-refractivity contribution in [2.45, 2.75) is 5.92 Å². The van der Waals surface area contributed by atoms with Gasteiger partial charge in [0.15, 0.2) is 0 Å². The van der Waals surface area contributed by atoms with E-state index in [1.165, 1.54) is 12.2 Å². The quantitative estimate of drug-likeness (QED) is 0.418. The van der Waals surface area contributed by atoms with Gasteiger partial charge in [0.1, 0.15) is 5.92 Å². The summed E-state index contributed by atoms with van der Waals surface area (Å²) in [5, 5.41) is 5.57. The number of carbonyl (C=O) groups is 3. The minimum Gasteiger partial charge on any atom is -0.366 e. The third kappa shape index (κ3) is 5.65. The number of carbonyl (C=O) groups excluding carboxylic acids is 3. The van der Waals surface area contributed by atoms with Gasteiger partial charge in [-0.3, -0.25) is 14.4 Å². The standard InChI is InChI=1S/C24H21N3O3/c25-21(28)15-14-17-8-7-9-18(16-17)22(23(29)26-19-10-3-1-4-11-19)24(30)27-20-12-5-2-6-13-20/h1-16,22H,(H2,25,28)(H,26,29)(H,27,30)/b15-14+. The van der Waals surface area contributed by atoms with Crippen molar-refractivity contribution in [3.63, 3.8) is 0 Å². The molecule has 0 atom stereocenters. The molecule has 3 rings (SSSR count). The molecular weight excluding hydrogens is 378 g/mol. The Morgan fingerprint density at radius 1 is 0.733 bits per heavy atom. The van der Waals surface area contributed by atoms with Crippen LogP contribution in [-0.2, 0) is 14.4 Å². The van der Waals surface area contributed by atoms with Gasteiger partial charge in [0.2, 0.25) is 17.7 Å². The lowest BCUT2D eigenvalue weighted by molar-refractivity contribution is -0.126.